The first kappa shape index (κ1) is 12.9. The van der Waals surface area contributed by atoms with Crippen LogP contribution < -0.4 is 5.32 Å². The molecule has 6 nitrogen and oxygen atoms in total. The number of carboxylic acid groups (broad SMARTS) is 1. The molecule has 1 aliphatic carbocycles. The Morgan fingerprint density at radius 2 is 2.06 bits per heavy atom. The van der Waals surface area contributed by atoms with Crippen LogP contribution in [0.3, 0.4) is 0 Å². The van der Waals surface area contributed by atoms with Gasteiger partial charge < -0.3 is 15.3 Å². The Hall–Kier alpha value is -1.59. The van der Waals surface area contributed by atoms with Crippen molar-refractivity contribution in [2.75, 3.05) is 6.54 Å². The molecule has 2 fully saturated rings. The molecule has 2 amide bonds. The Balaban J connectivity index is 1.98. The average molecular weight is 254 g/mol. The standard InChI is InChI=1S/C12H18N2O4/c1-7(2)14-6-3-8(9(14)15)13-10(16)12(4-5-12)11(17)18/h7-8H,3-6H2,1-2H3,(H,13,16)(H,17,18)/t8-/m0/s1. The van der Waals surface area contributed by atoms with Crippen molar-refractivity contribution in [3.63, 3.8) is 0 Å². The van der Waals surface area contributed by atoms with Gasteiger partial charge in [-0.05, 0) is 33.1 Å². The fourth-order valence-electron chi connectivity index (χ4n) is 2.31. The molecule has 2 rings (SSSR count). The smallest absolute Gasteiger partial charge is 0.319 e. The summed E-state index contributed by atoms with van der Waals surface area (Å²) in [6.45, 7) is 4.45. The van der Waals surface area contributed by atoms with Crippen LogP contribution in [0, 0.1) is 5.41 Å². The van der Waals surface area contributed by atoms with E-state index in [4.69, 9.17) is 5.11 Å². The SMILES string of the molecule is CC(C)N1CC[C@H](NC(=O)C2(C(=O)O)CC2)C1=O. The van der Waals surface area contributed by atoms with Gasteiger partial charge in [0.25, 0.3) is 0 Å². The zero-order chi connectivity index (χ0) is 13.5. The van der Waals surface area contributed by atoms with Gasteiger partial charge in [0, 0.05) is 12.6 Å². The van der Waals surface area contributed by atoms with Gasteiger partial charge in [-0.25, -0.2) is 0 Å². The molecule has 0 radical (unpaired) electrons. The number of hydrogen-bond donors (Lipinski definition) is 2. The molecular formula is C12H18N2O4. The third kappa shape index (κ3) is 1.95. The van der Waals surface area contributed by atoms with Crippen molar-refractivity contribution < 1.29 is 19.5 Å². The van der Waals surface area contributed by atoms with Crippen LogP contribution >= 0.6 is 0 Å². The molecule has 18 heavy (non-hydrogen) atoms. The molecule has 1 aliphatic heterocycles. The molecule has 0 aromatic rings. The first-order valence-corrected chi connectivity index (χ1v) is 6.23. The van der Waals surface area contributed by atoms with Crippen LogP contribution in [0.5, 0.6) is 0 Å². The minimum absolute atomic E-state index is 0.105. The van der Waals surface area contributed by atoms with Gasteiger partial charge in [-0.15, -0.1) is 0 Å². The fraction of sp³-hybridized carbons (Fsp3) is 0.750. The summed E-state index contributed by atoms with van der Waals surface area (Å²) in [7, 11) is 0. The average Bonchev–Trinajstić information content (AvgIpc) is 3.01. The van der Waals surface area contributed by atoms with Gasteiger partial charge in [-0.3, -0.25) is 14.4 Å². The number of carbonyl (C=O) groups excluding carboxylic acids is 2. The van der Waals surface area contributed by atoms with E-state index in [0.717, 1.165) is 0 Å². The largest absolute Gasteiger partial charge is 0.480 e. The van der Waals surface area contributed by atoms with Crippen molar-refractivity contribution >= 4 is 17.8 Å². The number of nitrogens with zero attached hydrogens (tertiary/aromatic N) is 1. The molecule has 0 aromatic heterocycles. The first-order valence-electron chi connectivity index (χ1n) is 6.23. The van der Waals surface area contributed by atoms with Crippen molar-refractivity contribution in [3.05, 3.63) is 0 Å². The number of hydrogen-bond acceptors (Lipinski definition) is 3. The third-order valence-electron chi connectivity index (χ3n) is 3.76. The van der Waals surface area contributed by atoms with E-state index in [9.17, 15) is 14.4 Å². The van der Waals surface area contributed by atoms with Crippen LogP contribution in [-0.4, -0.2) is 46.4 Å². The zero-order valence-corrected chi connectivity index (χ0v) is 10.6. The van der Waals surface area contributed by atoms with E-state index in [1.807, 2.05) is 13.8 Å². The summed E-state index contributed by atoms with van der Waals surface area (Å²) in [5, 5.41) is 11.6. The highest BCUT2D eigenvalue weighted by Gasteiger charge is 2.57. The second-order valence-corrected chi connectivity index (χ2v) is 5.33. The van der Waals surface area contributed by atoms with Gasteiger partial charge in [-0.2, -0.15) is 0 Å². The molecule has 0 unspecified atom stereocenters. The van der Waals surface area contributed by atoms with Crippen molar-refractivity contribution in [2.24, 2.45) is 5.41 Å². The molecule has 2 N–H and O–H groups in total. The number of aliphatic carboxylic acids is 1. The van der Waals surface area contributed by atoms with E-state index in [1.165, 1.54) is 0 Å². The lowest BCUT2D eigenvalue weighted by molar-refractivity contribution is -0.150. The zero-order valence-electron chi connectivity index (χ0n) is 10.6. The van der Waals surface area contributed by atoms with Gasteiger partial charge >= 0.3 is 5.97 Å². The maximum atomic E-state index is 12.0. The summed E-state index contributed by atoms with van der Waals surface area (Å²) in [5.74, 6) is -1.72. The summed E-state index contributed by atoms with van der Waals surface area (Å²) in [6, 6.07) is -0.453. The molecule has 1 heterocycles. The van der Waals surface area contributed by atoms with Crippen LogP contribution in [-0.2, 0) is 14.4 Å². The summed E-state index contributed by atoms with van der Waals surface area (Å²) < 4.78 is 0. The molecule has 0 aromatic carbocycles. The molecule has 1 saturated carbocycles. The minimum atomic E-state index is -1.27. The van der Waals surface area contributed by atoms with E-state index in [-0.39, 0.29) is 11.9 Å². The number of amides is 2. The molecule has 1 saturated heterocycles. The predicted molar refractivity (Wildman–Crippen MR) is 62.7 cm³/mol. The monoisotopic (exact) mass is 254 g/mol. The highest BCUT2D eigenvalue weighted by atomic mass is 16.4. The summed E-state index contributed by atoms with van der Waals surface area (Å²) in [5.41, 5.74) is -1.27. The Morgan fingerprint density at radius 3 is 2.44 bits per heavy atom. The minimum Gasteiger partial charge on any atom is -0.480 e. The van der Waals surface area contributed by atoms with Crippen molar-refractivity contribution in [3.8, 4) is 0 Å². The van der Waals surface area contributed by atoms with E-state index >= 15 is 0 Å². The Kier molecular flexibility index (Phi) is 3.04. The van der Waals surface area contributed by atoms with Crippen LogP contribution in [0.2, 0.25) is 0 Å². The van der Waals surface area contributed by atoms with Crippen LogP contribution in [0.25, 0.3) is 0 Å². The second-order valence-electron chi connectivity index (χ2n) is 5.33. The summed E-state index contributed by atoms with van der Waals surface area (Å²) in [4.78, 5) is 36.5. The van der Waals surface area contributed by atoms with E-state index in [1.54, 1.807) is 4.90 Å². The number of carbonyl (C=O) groups is 3. The normalized spacial score (nSPS) is 25.4. The molecule has 2 aliphatic rings. The van der Waals surface area contributed by atoms with Gasteiger partial charge in [0.1, 0.15) is 11.5 Å². The van der Waals surface area contributed by atoms with Crippen molar-refractivity contribution in [1.29, 1.82) is 0 Å². The lowest BCUT2D eigenvalue weighted by atomic mass is 10.1. The maximum Gasteiger partial charge on any atom is 0.319 e. The number of rotatable bonds is 4. The molecule has 0 spiro atoms. The molecule has 100 valence electrons. The Morgan fingerprint density at radius 1 is 1.44 bits per heavy atom. The number of likely N-dealkylation sites (tertiary alicyclic amines) is 1. The lowest BCUT2D eigenvalue weighted by Crippen LogP contribution is -2.47. The fourth-order valence-corrected chi connectivity index (χ4v) is 2.31. The van der Waals surface area contributed by atoms with Crippen molar-refractivity contribution in [1.82, 2.24) is 10.2 Å². The number of nitrogens with one attached hydrogen (secondary N) is 1. The van der Waals surface area contributed by atoms with Crippen LogP contribution in [0.1, 0.15) is 33.1 Å². The van der Waals surface area contributed by atoms with E-state index in [2.05, 4.69) is 5.32 Å². The Labute approximate surface area is 105 Å². The molecule has 0 bridgehead atoms. The summed E-state index contributed by atoms with van der Waals surface area (Å²) in [6.07, 6.45) is 1.28. The van der Waals surface area contributed by atoms with Crippen LogP contribution in [0.15, 0.2) is 0 Å². The molecular weight excluding hydrogens is 236 g/mol. The molecule has 6 heteroatoms. The van der Waals surface area contributed by atoms with Gasteiger partial charge in [0.2, 0.25) is 11.8 Å². The predicted octanol–water partition coefficient (Wildman–Crippen LogP) is -0.0233. The highest BCUT2D eigenvalue weighted by Crippen LogP contribution is 2.46. The van der Waals surface area contributed by atoms with Crippen molar-refractivity contribution in [2.45, 2.75) is 45.2 Å². The third-order valence-corrected chi connectivity index (χ3v) is 3.76. The first-order chi connectivity index (χ1) is 8.38. The Bertz CT molecular complexity index is 401. The molecule has 1 atom stereocenters. The van der Waals surface area contributed by atoms with Crippen LogP contribution in [0.4, 0.5) is 0 Å². The maximum absolute atomic E-state index is 12.0. The lowest BCUT2D eigenvalue weighted by Gasteiger charge is -2.21. The highest BCUT2D eigenvalue weighted by molar-refractivity contribution is 6.06. The second kappa shape index (κ2) is 4.26. The van der Waals surface area contributed by atoms with E-state index in [0.29, 0.717) is 25.8 Å². The van der Waals surface area contributed by atoms with E-state index < -0.39 is 23.3 Å². The van der Waals surface area contributed by atoms with Gasteiger partial charge in [0.15, 0.2) is 0 Å². The number of carboxylic acids is 1. The van der Waals surface area contributed by atoms with Gasteiger partial charge in [-0.1, -0.05) is 0 Å². The summed E-state index contributed by atoms with van der Waals surface area (Å²) >= 11 is 0. The topological polar surface area (TPSA) is 86.7 Å². The quantitative estimate of drug-likeness (QED) is 0.690. The van der Waals surface area contributed by atoms with Gasteiger partial charge in [0.05, 0.1) is 0 Å².